The van der Waals surface area contributed by atoms with Gasteiger partial charge in [0, 0.05) is 19.2 Å². The highest BCUT2D eigenvalue weighted by atomic mass is 32.2. The summed E-state index contributed by atoms with van der Waals surface area (Å²) < 4.78 is 47.7. The van der Waals surface area contributed by atoms with Crippen molar-refractivity contribution in [2.45, 2.75) is 24.9 Å². The average Bonchev–Trinajstić information content (AvgIpc) is 3.46. The number of ether oxygens (including phenoxy) is 2. The first-order chi connectivity index (χ1) is 19.7. The van der Waals surface area contributed by atoms with Crippen LogP contribution in [0.5, 0.6) is 17.2 Å². The van der Waals surface area contributed by atoms with Gasteiger partial charge in [0.1, 0.15) is 16.4 Å². The summed E-state index contributed by atoms with van der Waals surface area (Å²) in [6.07, 6.45) is 1.51. The molecule has 0 saturated heterocycles. The second-order valence-corrected chi connectivity index (χ2v) is 10.3. The molecule has 3 aromatic carbocycles. The Kier molecular flexibility index (Phi) is 9.15. The Labute approximate surface area is 237 Å². The summed E-state index contributed by atoms with van der Waals surface area (Å²) in [5.41, 5.74) is 1.50. The summed E-state index contributed by atoms with van der Waals surface area (Å²) in [4.78, 5) is 26.0. The summed E-state index contributed by atoms with van der Waals surface area (Å²) in [6.45, 7) is 1.56. The first kappa shape index (κ1) is 29.0. The maximum absolute atomic E-state index is 13.4. The van der Waals surface area contributed by atoms with Crippen molar-refractivity contribution in [2.24, 2.45) is 0 Å². The average molecular weight is 580 g/mol. The molecule has 11 nitrogen and oxygen atoms in total. The van der Waals surface area contributed by atoms with Crippen molar-refractivity contribution in [3.63, 3.8) is 0 Å². The van der Waals surface area contributed by atoms with Crippen LogP contribution in [0.4, 0.5) is 16.2 Å². The summed E-state index contributed by atoms with van der Waals surface area (Å²) in [7, 11) is -1.36. The molecule has 0 unspecified atom stereocenters. The molecular weight excluding hydrogens is 550 g/mol. The maximum Gasteiger partial charge on any atom is 0.339 e. The zero-order chi connectivity index (χ0) is 29.4. The Balaban J connectivity index is 1.58. The van der Waals surface area contributed by atoms with E-state index in [0.717, 1.165) is 0 Å². The van der Waals surface area contributed by atoms with Gasteiger partial charge < -0.3 is 33.6 Å². The highest BCUT2D eigenvalue weighted by Crippen LogP contribution is 2.32. The molecule has 0 radical (unpaired) electrons. The molecule has 0 aliphatic carbocycles. The molecular formula is C29H29N3O8S. The number of amides is 3. The van der Waals surface area contributed by atoms with Gasteiger partial charge in [0.05, 0.1) is 32.7 Å². The number of carbonyl (C=O) groups excluding carboxylic acids is 2. The summed E-state index contributed by atoms with van der Waals surface area (Å²) in [5, 5.41) is 5.43. The monoisotopic (exact) mass is 579 g/mol. The molecule has 214 valence electrons. The number of benzene rings is 3. The topological polar surface area (TPSA) is 136 Å². The summed E-state index contributed by atoms with van der Waals surface area (Å²) in [6, 6.07) is 20.4. The van der Waals surface area contributed by atoms with Gasteiger partial charge in [-0.25, -0.2) is 4.79 Å². The molecule has 0 spiro atoms. The molecule has 1 aromatic heterocycles. The molecule has 41 heavy (non-hydrogen) atoms. The van der Waals surface area contributed by atoms with E-state index in [1.54, 1.807) is 48.5 Å². The van der Waals surface area contributed by atoms with Crippen molar-refractivity contribution in [3.8, 4) is 17.2 Å². The van der Waals surface area contributed by atoms with Crippen LogP contribution in [0, 0.1) is 0 Å². The van der Waals surface area contributed by atoms with Crippen molar-refractivity contribution in [1.82, 2.24) is 4.90 Å². The van der Waals surface area contributed by atoms with E-state index >= 15 is 0 Å². The molecule has 0 bridgehead atoms. The molecule has 0 fully saturated rings. The predicted octanol–water partition coefficient (Wildman–Crippen LogP) is 5.26. The molecule has 4 rings (SSSR count). The lowest BCUT2D eigenvalue weighted by atomic mass is 10.2. The van der Waals surface area contributed by atoms with E-state index in [-0.39, 0.29) is 35.4 Å². The predicted molar refractivity (Wildman–Crippen MR) is 152 cm³/mol. The van der Waals surface area contributed by atoms with Crippen LogP contribution in [-0.4, -0.2) is 39.5 Å². The third-order valence-corrected chi connectivity index (χ3v) is 7.08. The number of rotatable bonds is 11. The van der Waals surface area contributed by atoms with E-state index in [0.29, 0.717) is 28.4 Å². The molecule has 0 atom stereocenters. The Hall–Kier alpha value is -4.97. The van der Waals surface area contributed by atoms with Crippen LogP contribution >= 0.6 is 0 Å². The zero-order valence-electron chi connectivity index (χ0n) is 22.6. The van der Waals surface area contributed by atoms with Crippen LogP contribution in [-0.2, 0) is 28.0 Å². The smallest absolute Gasteiger partial charge is 0.339 e. The third kappa shape index (κ3) is 7.57. The number of anilines is 2. The van der Waals surface area contributed by atoms with Gasteiger partial charge in [-0.1, -0.05) is 18.2 Å². The molecule has 2 N–H and O–H groups in total. The molecule has 12 heteroatoms. The fraction of sp³-hybridized carbons (Fsp3) is 0.172. The number of carbonyl (C=O) groups is 2. The highest BCUT2D eigenvalue weighted by Gasteiger charge is 2.22. The largest absolute Gasteiger partial charge is 0.495 e. The van der Waals surface area contributed by atoms with Crippen molar-refractivity contribution in [2.75, 3.05) is 24.9 Å². The van der Waals surface area contributed by atoms with Crippen molar-refractivity contribution in [3.05, 3.63) is 96.4 Å². The van der Waals surface area contributed by atoms with Gasteiger partial charge in [-0.05, 0) is 66.2 Å². The third-order valence-electron chi connectivity index (χ3n) is 5.83. The molecule has 3 amide bonds. The number of nitrogens with one attached hydrogen (secondary N) is 2. The summed E-state index contributed by atoms with van der Waals surface area (Å²) >= 11 is 0. The van der Waals surface area contributed by atoms with Gasteiger partial charge >= 0.3 is 16.1 Å². The fourth-order valence-corrected chi connectivity index (χ4v) is 4.84. The minimum atomic E-state index is -4.26. The normalized spacial score (nSPS) is 10.9. The van der Waals surface area contributed by atoms with Gasteiger partial charge in [0.2, 0.25) is 5.91 Å². The van der Waals surface area contributed by atoms with Crippen molar-refractivity contribution in [1.29, 1.82) is 0 Å². The minimum Gasteiger partial charge on any atom is -0.495 e. The minimum absolute atomic E-state index is 0.0565. The highest BCUT2D eigenvalue weighted by molar-refractivity contribution is 7.87. The number of hydrogen-bond donors (Lipinski definition) is 2. The maximum atomic E-state index is 13.4. The molecule has 0 aliphatic heterocycles. The van der Waals surface area contributed by atoms with Gasteiger partial charge in [-0.15, -0.1) is 0 Å². The Morgan fingerprint density at radius 2 is 1.56 bits per heavy atom. The number of urea groups is 1. The van der Waals surface area contributed by atoms with Crippen LogP contribution in [0.3, 0.4) is 0 Å². The van der Waals surface area contributed by atoms with E-state index in [2.05, 4.69) is 10.6 Å². The number of para-hydroxylation sites is 2. The van der Waals surface area contributed by atoms with E-state index < -0.39 is 16.1 Å². The SMILES string of the molecule is COc1ccccc1NC(=O)N(Cc1ccc(OC)c(OS(=O)(=O)c2ccc(NC(C)=O)cc2)c1)Cc1ccco1. The van der Waals surface area contributed by atoms with Crippen LogP contribution in [0.1, 0.15) is 18.2 Å². The van der Waals surface area contributed by atoms with Gasteiger partial charge in [-0.2, -0.15) is 8.42 Å². The van der Waals surface area contributed by atoms with Gasteiger partial charge in [0.25, 0.3) is 0 Å². The fourth-order valence-electron chi connectivity index (χ4n) is 3.91. The number of hydrogen-bond acceptors (Lipinski definition) is 8. The second-order valence-electron chi connectivity index (χ2n) is 8.79. The lowest BCUT2D eigenvalue weighted by Crippen LogP contribution is -2.34. The zero-order valence-corrected chi connectivity index (χ0v) is 23.4. The Bertz CT molecular complexity index is 1600. The second kappa shape index (κ2) is 12.9. The first-order valence-corrected chi connectivity index (χ1v) is 13.8. The van der Waals surface area contributed by atoms with Gasteiger partial charge in [-0.3, -0.25) is 4.79 Å². The Morgan fingerprint density at radius 3 is 2.22 bits per heavy atom. The van der Waals surface area contributed by atoms with Crippen LogP contribution in [0.2, 0.25) is 0 Å². The van der Waals surface area contributed by atoms with Gasteiger partial charge in [0.15, 0.2) is 11.5 Å². The molecule has 0 aliphatic rings. The van der Waals surface area contributed by atoms with E-state index in [1.165, 1.54) is 62.6 Å². The summed E-state index contributed by atoms with van der Waals surface area (Å²) in [5.74, 6) is 0.892. The lowest BCUT2D eigenvalue weighted by molar-refractivity contribution is -0.114. The number of nitrogens with zero attached hydrogens (tertiary/aromatic N) is 1. The van der Waals surface area contributed by atoms with Crippen LogP contribution in [0.25, 0.3) is 0 Å². The number of methoxy groups -OCH3 is 2. The first-order valence-electron chi connectivity index (χ1n) is 12.4. The quantitative estimate of drug-likeness (QED) is 0.230. The van der Waals surface area contributed by atoms with E-state index in [1.807, 2.05) is 0 Å². The van der Waals surface area contributed by atoms with Crippen LogP contribution < -0.4 is 24.3 Å². The van der Waals surface area contributed by atoms with Crippen molar-refractivity contribution < 1.29 is 36.1 Å². The standard InChI is InChI=1S/C29H29N3O8S/c1-20(33)30-22-11-13-24(14-12-22)41(35,36)40-28-17-21(10-15-27(28)38-3)18-32(19-23-7-6-16-39-23)29(34)31-25-8-4-5-9-26(25)37-2/h4-17H,18-19H2,1-3H3,(H,30,33)(H,31,34). The number of furan rings is 1. The molecule has 4 aromatic rings. The van der Waals surface area contributed by atoms with E-state index in [9.17, 15) is 18.0 Å². The molecule has 1 heterocycles. The Morgan fingerprint density at radius 1 is 0.829 bits per heavy atom. The van der Waals surface area contributed by atoms with E-state index in [4.69, 9.17) is 18.1 Å². The lowest BCUT2D eigenvalue weighted by Gasteiger charge is -2.23. The molecule has 0 saturated carbocycles. The van der Waals surface area contributed by atoms with Crippen molar-refractivity contribution >= 4 is 33.4 Å². The van der Waals surface area contributed by atoms with Crippen LogP contribution in [0.15, 0.2) is 94.4 Å².